The molecule has 224 valence electrons. The number of carbonyl (C=O) groups excluding carboxylic acids is 2. The number of fused-ring (bicyclic) bond motifs is 1. The van der Waals surface area contributed by atoms with Gasteiger partial charge in [0.1, 0.15) is 42.3 Å². The Labute approximate surface area is 234 Å². The van der Waals surface area contributed by atoms with Crippen molar-refractivity contribution in [2.24, 2.45) is 4.99 Å². The van der Waals surface area contributed by atoms with Crippen molar-refractivity contribution in [1.29, 1.82) is 0 Å². The molecule has 2 fully saturated rings. The van der Waals surface area contributed by atoms with E-state index < -0.39 is 60.3 Å². The number of alkyl carbamates (subject to hydrolysis) is 2. The number of aliphatic imine (C=N–C) groups is 1. The summed E-state index contributed by atoms with van der Waals surface area (Å²) in [4.78, 5) is 30.1. The van der Waals surface area contributed by atoms with Crippen LogP contribution in [0.15, 0.2) is 35.3 Å². The third-order valence-corrected chi connectivity index (χ3v) is 5.51. The van der Waals surface area contributed by atoms with Crippen LogP contribution in [0.25, 0.3) is 0 Å². The highest BCUT2D eigenvalue weighted by molar-refractivity contribution is 6.01. The van der Waals surface area contributed by atoms with Crippen molar-refractivity contribution >= 4 is 18.1 Å². The van der Waals surface area contributed by atoms with E-state index in [9.17, 15) is 9.59 Å². The van der Waals surface area contributed by atoms with Crippen LogP contribution in [0.2, 0.25) is 0 Å². The number of ether oxygens (including phenoxy) is 8. The zero-order chi connectivity index (χ0) is 29.5. The first kappa shape index (κ1) is 31.7. The molecule has 2 saturated heterocycles. The maximum atomic E-state index is 12.7. The molecule has 0 aliphatic carbocycles. The normalized spacial score (nSPS) is 26.7. The lowest BCUT2D eigenvalue weighted by atomic mass is 9.95. The summed E-state index contributed by atoms with van der Waals surface area (Å²) in [5.74, 6) is -0.235. The lowest BCUT2D eigenvalue weighted by Gasteiger charge is -2.47. The van der Waals surface area contributed by atoms with Crippen LogP contribution in [0, 0.1) is 0 Å². The molecule has 0 aromatic heterocycles. The van der Waals surface area contributed by atoms with E-state index in [4.69, 9.17) is 42.9 Å². The van der Waals surface area contributed by atoms with Gasteiger partial charge in [-0.2, -0.15) is 0 Å². The average molecular weight is 568 g/mol. The summed E-state index contributed by atoms with van der Waals surface area (Å²) in [7, 11) is 2.94. The Morgan fingerprint density at radius 3 is 2.08 bits per heavy atom. The summed E-state index contributed by atoms with van der Waals surface area (Å²) in [5.41, 5.74) is -0.808. The molecule has 0 unspecified atom stereocenters. The van der Waals surface area contributed by atoms with Gasteiger partial charge in [0.05, 0.1) is 6.61 Å². The number of amides is 2. The van der Waals surface area contributed by atoms with Crippen LogP contribution in [0.3, 0.4) is 0 Å². The largest absolute Gasteiger partial charge is 0.444 e. The molecule has 0 saturated carbocycles. The molecule has 13 heteroatoms. The number of carbonyl (C=O) groups is 2. The van der Waals surface area contributed by atoms with E-state index >= 15 is 0 Å². The third-order valence-electron chi connectivity index (χ3n) is 5.51. The summed E-state index contributed by atoms with van der Waals surface area (Å²) in [6.07, 6.45) is -5.48. The van der Waals surface area contributed by atoms with Crippen LogP contribution in [-0.4, -0.2) is 87.6 Å². The monoisotopic (exact) mass is 567 g/mol. The van der Waals surface area contributed by atoms with Crippen LogP contribution in [0.5, 0.6) is 0 Å². The molecule has 2 amide bonds. The molecular weight excluding hydrogens is 526 g/mol. The number of guanidine groups is 1. The number of nitrogens with one attached hydrogen (secondary N) is 2. The van der Waals surface area contributed by atoms with Crippen molar-refractivity contribution < 1.29 is 47.5 Å². The summed E-state index contributed by atoms with van der Waals surface area (Å²) < 4.78 is 45.7. The Morgan fingerprint density at radius 2 is 1.55 bits per heavy atom. The van der Waals surface area contributed by atoms with Gasteiger partial charge in [-0.05, 0) is 41.5 Å². The molecule has 40 heavy (non-hydrogen) atoms. The van der Waals surface area contributed by atoms with Gasteiger partial charge in [-0.1, -0.05) is 30.3 Å². The molecule has 1 aromatic carbocycles. The molecule has 2 heterocycles. The molecule has 0 radical (unpaired) electrons. The quantitative estimate of drug-likeness (QED) is 0.299. The standard InChI is InChI=1S/C27H41N3O10/c1-26(2,3)39-24(31)29-23(30-25(32)40-27(4,5)6)28-18-19-17(37-22(34-8)20(18)36-15-33-7)14-35-21(38-19)16-12-10-9-11-13-16/h9-13,17-22H,14-15H2,1-8H3,(H2,28,29,30,31,32)/t17-,18-,19-,20+,21-,22+/m1/s1. The summed E-state index contributed by atoms with van der Waals surface area (Å²) in [5, 5.41) is 5.01. The first-order valence-electron chi connectivity index (χ1n) is 13.0. The van der Waals surface area contributed by atoms with Gasteiger partial charge in [-0.15, -0.1) is 0 Å². The fourth-order valence-corrected chi connectivity index (χ4v) is 4.05. The van der Waals surface area contributed by atoms with Gasteiger partial charge in [0.25, 0.3) is 0 Å². The Balaban J connectivity index is 2.00. The van der Waals surface area contributed by atoms with Crippen LogP contribution < -0.4 is 10.6 Å². The highest BCUT2D eigenvalue weighted by Crippen LogP contribution is 2.36. The van der Waals surface area contributed by atoms with E-state index in [1.54, 1.807) is 41.5 Å². The number of hydrogen-bond acceptors (Lipinski definition) is 11. The Kier molecular flexibility index (Phi) is 10.9. The van der Waals surface area contributed by atoms with Gasteiger partial charge >= 0.3 is 12.2 Å². The number of methoxy groups -OCH3 is 2. The summed E-state index contributed by atoms with van der Waals surface area (Å²) >= 11 is 0. The predicted molar refractivity (Wildman–Crippen MR) is 142 cm³/mol. The second kappa shape index (κ2) is 13.7. The van der Waals surface area contributed by atoms with E-state index in [1.165, 1.54) is 14.2 Å². The van der Waals surface area contributed by atoms with Crippen molar-refractivity contribution in [3.63, 3.8) is 0 Å². The second-order valence-corrected chi connectivity index (χ2v) is 11.2. The van der Waals surface area contributed by atoms with Gasteiger partial charge < -0.3 is 37.9 Å². The van der Waals surface area contributed by atoms with Crippen molar-refractivity contribution in [2.75, 3.05) is 27.6 Å². The van der Waals surface area contributed by atoms with E-state index in [1.807, 2.05) is 30.3 Å². The van der Waals surface area contributed by atoms with Crippen LogP contribution >= 0.6 is 0 Å². The molecule has 6 atom stereocenters. The highest BCUT2D eigenvalue weighted by Gasteiger charge is 2.51. The van der Waals surface area contributed by atoms with Crippen molar-refractivity contribution in [2.45, 2.75) is 89.7 Å². The lowest BCUT2D eigenvalue weighted by Crippen LogP contribution is -2.63. The number of rotatable bonds is 6. The molecule has 1 aromatic rings. The van der Waals surface area contributed by atoms with Crippen molar-refractivity contribution in [1.82, 2.24) is 10.6 Å². The first-order valence-corrected chi connectivity index (χ1v) is 13.0. The van der Waals surface area contributed by atoms with Crippen molar-refractivity contribution in [3.8, 4) is 0 Å². The first-order chi connectivity index (χ1) is 18.8. The van der Waals surface area contributed by atoms with Crippen LogP contribution in [-0.2, 0) is 37.9 Å². The Hall–Kier alpha value is -2.81. The topological polar surface area (TPSA) is 144 Å². The van der Waals surface area contributed by atoms with Gasteiger partial charge in [-0.3, -0.25) is 10.6 Å². The second-order valence-electron chi connectivity index (χ2n) is 11.2. The summed E-state index contributed by atoms with van der Waals surface area (Å²) in [6, 6.07) is 8.53. The Morgan fingerprint density at radius 1 is 0.950 bits per heavy atom. The highest BCUT2D eigenvalue weighted by atomic mass is 16.8. The minimum Gasteiger partial charge on any atom is -0.444 e. The molecule has 0 spiro atoms. The van der Waals surface area contributed by atoms with Gasteiger partial charge in [0.2, 0.25) is 5.96 Å². The summed E-state index contributed by atoms with van der Waals surface area (Å²) in [6.45, 7) is 10.3. The maximum absolute atomic E-state index is 12.7. The smallest absolute Gasteiger partial charge is 0.414 e. The molecule has 3 rings (SSSR count). The molecule has 2 aliphatic heterocycles. The molecule has 2 N–H and O–H groups in total. The van der Waals surface area contributed by atoms with E-state index in [-0.39, 0.29) is 19.4 Å². The lowest BCUT2D eigenvalue weighted by molar-refractivity contribution is -0.346. The fraction of sp³-hybridized carbons (Fsp3) is 0.667. The zero-order valence-corrected chi connectivity index (χ0v) is 24.3. The van der Waals surface area contributed by atoms with Crippen molar-refractivity contribution in [3.05, 3.63) is 35.9 Å². The minimum absolute atomic E-state index is 0.107. The zero-order valence-electron chi connectivity index (χ0n) is 24.3. The van der Waals surface area contributed by atoms with Gasteiger partial charge in [0.15, 0.2) is 12.6 Å². The predicted octanol–water partition coefficient (Wildman–Crippen LogP) is 3.24. The molecule has 13 nitrogen and oxygen atoms in total. The van der Waals surface area contributed by atoms with Gasteiger partial charge in [-0.25, -0.2) is 14.6 Å². The Bertz CT molecular complexity index is 976. The van der Waals surface area contributed by atoms with Crippen LogP contribution in [0.1, 0.15) is 53.4 Å². The van der Waals surface area contributed by atoms with Crippen LogP contribution in [0.4, 0.5) is 9.59 Å². The number of benzene rings is 1. The average Bonchev–Trinajstić information content (AvgIpc) is 2.85. The van der Waals surface area contributed by atoms with E-state index in [2.05, 4.69) is 10.6 Å². The number of hydrogen-bond donors (Lipinski definition) is 2. The van der Waals surface area contributed by atoms with E-state index in [0.29, 0.717) is 0 Å². The SMILES string of the molecule is COCO[C@@H]1[C@@H](OC)O[C@@H]2CO[C@@H](c3ccccc3)O[C@H]2[C@H]1N=C(NC(=O)OC(C)(C)C)NC(=O)OC(C)(C)C. The number of nitrogens with zero attached hydrogens (tertiary/aromatic N) is 1. The maximum Gasteiger partial charge on any atom is 0.414 e. The fourth-order valence-electron chi connectivity index (χ4n) is 4.05. The molecular formula is C27H41N3O10. The molecule has 0 bridgehead atoms. The molecule has 2 aliphatic rings. The third kappa shape index (κ3) is 9.39. The van der Waals surface area contributed by atoms with E-state index in [0.717, 1.165) is 5.56 Å². The van der Waals surface area contributed by atoms with Gasteiger partial charge in [0, 0.05) is 19.8 Å². The minimum atomic E-state index is -0.894.